The highest BCUT2D eigenvalue weighted by Gasteiger charge is 2.34. The van der Waals surface area contributed by atoms with Crippen molar-refractivity contribution >= 4 is 50.7 Å². The third kappa shape index (κ3) is 7.00. The van der Waals surface area contributed by atoms with E-state index >= 15 is 0 Å². The quantitative estimate of drug-likeness (QED) is 0.340. The summed E-state index contributed by atoms with van der Waals surface area (Å²) < 4.78 is 47.2. The number of nitrogens with one attached hydrogen (secondary N) is 1. The SMILES string of the molecule is CC[C@@H](C(=O)NC)N(Cc1c(Cl)cccc1Cl)C(=O)CN(c1ccc(F)cc1)S(=O)(=O)c1ccc(OC)cc1. The normalized spacial score (nSPS) is 11.9. The predicted octanol–water partition coefficient (Wildman–Crippen LogP) is 4.89. The number of nitrogens with zero attached hydrogens (tertiary/aromatic N) is 2. The molecular formula is C27H28Cl2FN3O5S. The van der Waals surface area contributed by atoms with E-state index in [1.165, 1.54) is 55.5 Å². The van der Waals surface area contributed by atoms with Crippen LogP contribution in [0.4, 0.5) is 10.1 Å². The summed E-state index contributed by atoms with van der Waals surface area (Å²) in [5.74, 6) is -1.27. The molecule has 0 radical (unpaired) electrons. The van der Waals surface area contributed by atoms with E-state index in [4.69, 9.17) is 27.9 Å². The minimum absolute atomic E-state index is 0.0595. The maximum absolute atomic E-state index is 13.9. The fraction of sp³-hybridized carbons (Fsp3) is 0.259. The van der Waals surface area contributed by atoms with E-state index in [1.54, 1.807) is 25.1 Å². The molecule has 0 heterocycles. The highest BCUT2D eigenvalue weighted by atomic mass is 35.5. The Kier molecular flexibility index (Phi) is 10.2. The molecule has 0 saturated heterocycles. The van der Waals surface area contributed by atoms with Crippen LogP contribution in [-0.2, 0) is 26.2 Å². The molecule has 3 aromatic rings. The molecule has 12 heteroatoms. The lowest BCUT2D eigenvalue weighted by Gasteiger charge is -2.33. The average Bonchev–Trinajstić information content (AvgIpc) is 2.93. The molecule has 3 rings (SSSR count). The van der Waals surface area contributed by atoms with E-state index < -0.39 is 40.2 Å². The van der Waals surface area contributed by atoms with Crippen molar-refractivity contribution in [1.29, 1.82) is 0 Å². The van der Waals surface area contributed by atoms with Gasteiger partial charge in [0.15, 0.2) is 0 Å². The fourth-order valence-corrected chi connectivity index (χ4v) is 5.88. The number of sulfonamides is 1. The van der Waals surface area contributed by atoms with Crippen LogP contribution in [-0.4, -0.2) is 51.9 Å². The van der Waals surface area contributed by atoms with Crippen LogP contribution in [0.1, 0.15) is 18.9 Å². The summed E-state index contributed by atoms with van der Waals surface area (Å²) >= 11 is 12.7. The number of hydrogen-bond donors (Lipinski definition) is 1. The number of rotatable bonds is 11. The van der Waals surface area contributed by atoms with Gasteiger partial charge in [-0.1, -0.05) is 36.2 Å². The molecule has 39 heavy (non-hydrogen) atoms. The Labute approximate surface area is 237 Å². The zero-order valence-electron chi connectivity index (χ0n) is 21.5. The molecule has 0 fully saturated rings. The van der Waals surface area contributed by atoms with Crippen LogP contribution in [0.2, 0.25) is 10.0 Å². The molecule has 0 spiro atoms. The van der Waals surface area contributed by atoms with Crippen LogP contribution in [0.5, 0.6) is 5.75 Å². The number of amides is 2. The molecule has 1 N–H and O–H groups in total. The van der Waals surface area contributed by atoms with E-state index in [2.05, 4.69) is 5.32 Å². The molecule has 208 valence electrons. The minimum atomic E-state index is -4.31. The maximum Gasteiger partial charge on any atom is 0.264 e. The standard InChI is InChI=1S/C27H28Cl2FN3O5S/c1-4-25(27(35)31-2)32(16-22-23(28)6-5-7-24(22)29)26(34)17-33(19-10-8-18(30)9-11-19)39(36,37)21-14-12-20(38-3)13-15-21/h5-15,25H,4,16-17H2,1-3H3,(H,31,35)/t25-/m0/s1. The lowest BCUT2D eigenvalue weighted by molar-refractivity contribution is -0.140. The van der Waals surface area contributed by atoms with Gasteiger partial charge in [0.2, 0.25) is 11.8 Å². The average molecular weight is 597 g/mol. The van der Waals surface area contributed by atoms with Gasteiger partial charge in [-0.15, -0.1) is 0 Å². The summed E-state index contributed by atoms with van der Waals surface area (Å²) in [7, 11) is -1.43. The maximum atomic E-state index is 13.9. The molecule has 0 aromatic heterocycles. The molecule has 0 saturated carbocycles. The number of benzene rings is 3. The zero-order chi connectivity index (χ0) is 28.7. The highest BCUT2D eigenvalue weighted by molar-refractivity contribution is 7.92. The summed E-state index contributed by atoms with van der Waals surface area (Å²) in [5, 5.41) is 3.11. The van der Waals surface area contributed by atoms with Gasteiger partial charge in [-0.05, 0) is 67.1 Å². The first-order valence-corrected chi connectivity index (χ1v) is 14.1. The van der Waals surface area contributed by atoms with Crippen molar-refractivity contribution in [2.75, 3.05) is 25.0 Å². The molecule has 0 aliphatic heterocycles. The number of hydrogen-bond acceptors (Lipinski definition) is 5. The number of ether oxygens (including phenoxy) is 1. The lowest BCUT2D eigenvalue weighted by Crippen LogP contribution is -2.51. The predicted molar refractivity (Wildman–Crippen MR) is 149 cm³/mol. The summed E-state index contributed by atoms with van der Waals surface area (Å²) in [5.41, 5.74) is 0.465. The third-order valence-corrected chi connectivity index (χ3v) is 8.56. The van der Waals surface area contributed by atoms with Gasteiger partial charge < -0.3 is 15.0 Å². The van der Waals surface area contributed by atoms with E-state index in [0.717, 1.165) is 16.4 Å². The first-order valence-electron chi connectivity index (χ1n) is 11.9. The van der Waals surface area contributed by atoms with Gasteiger partial charge in [0.1, 0.15) is 24.2 Å². The Hall–Kier alpha value is -3.34. The van der Waals surface area contributed by atoms with Gasteiger partial charge in [0.25, 0.3) is 10.0 Å². The zero-order valence-corrected chi connectivity index (χ0v) is 23.9. The van der Waals surface area contributed by atoms with Crippen molar-refractivity contribution in [3.05, 3.63) is 88.2 Å². The van der Waals surface area contributed by atoms with Crippen LogP contribution in [0.25, 0.3) is 0 Å². The Morgan fingerprint density at radius 1 is 1.00 bits per heavy atom. The largest absolute Gasteiger partial charge is 0.497 e. The van der Waals surface area contributed by atoms with E-state index in [-0.39, 0.29) is 33.6 Å². The Morgan fingerprint density at radius 3 is 2.10 bits per heavy atom. The second kappa shape index (κ2) is 13.1. The van der Waals surface area contributed by atoms with Crippen molar-refractivity contribution in [1.82, 2.24) is 10.2 Å². The van der Waals surface area contributed by atoms with Crippen molar-refractivity contribution in [3.63, 3.8) is 0 Å². The lowest BCUT2D eigenvalue weighted by atomic mass is 10.1. The topological polar surface area (TPSA) is 96.0 Å². The number of anilines is 1. The molecule has 0 aliphatic carbocycles. The van der Waals surface area contributed by atoms with Crippen molar-refractivity contribution in [3.8, 4) is 5.75 Å². The molecule has 0 unspecified atom stereocenters. The second-order valence-electron chi connectivity index (χ2n) is 8.42. The van der Waals surface area contributed by atoms with Crippen LogP contribution in [0.3, 0.4) is 0 Å². The van der Waals surface area contributed by atoms with Gasteiger partial charge >= 0.3 is 0 Å². The Bertz CT molecular complexity index is 1400. The second-order valence-corrected chi connectivity index (χ2v) is 11.1. The van der Waals surface area contributed by atoms with Crippen LogP contribution < -0.4 is 14.4 Å². The van der Waals surface area contributed by atoms with E-state index in [1.807, 2.05) is 0 Å². The molecule has 1 atom stereocenters. The summed E-state index contributed by atoms with van der Waals surface area (Å²) in [6.07, 6.45) is 0.231. The molecule has 0 aliphatic rings. The van der Waals surface area contributed by atoms with Gasteiger partial charge in [-0.3, -0.25) is 13.9 Å². The molecule has 3 aromatic carbocycles. The van der Waals surface area contributed by atoms with Crippen molar-refractivity contribution in [2.45, 2.75) is 30.8 Å². The fourth-order valence-electron chi connectivity index (χ4n) is 3.95. The van der Waals surface area contributed by atoms with Crippen molar-refractivity contribution in [2.24, 2.45) is 0 Å². The number of likely N-dealkylation sites (N-methyl/N-ethyl adjacent to an activating group) is 1. The Balaban J connectivity index is 2.09. The van der Waals surface area contributed by atoms with Crippen LogP contribution in [0.15, 0.2) is 71.6 Å². The van der Waals surface area contributed by atoms with Crippen LogP contribution in [0, 0.1) is 5.82 Å². The van der Waals surface area contributed by atoms with Gasteiger partial charge in [-0.25, -0.2) is 12.8 Å². The van der Waals surface area contributed by atoms with E-state index in [0.29, 0.717) is 11.3 Å². The third-order valence-electron chi connectivity index (χ3n) is 6.06. The smallest absolute Gasteiger partial charge is 0.264 e. The summed E-state index contributed by atoms with van der Waals surface area (Å²) in [6, 6.07) is 14.2. The summed E-state index contributed by atoms with van der Waals surface area (Å²) in [6.45, 7) is 0.888. The van der Waals surface area contributed by atoms with Gasteiger partial charge in [-0.2, -0.15) is 0 Å². The number of carbonyl (C=O) groups excluding carboxylic acids is 2. The number of halogens is 3. The first kappa shape index (κ1) is 30.2. The summed E-state index contributed by atoms with van der Waals surface area (Å²) in [4.78, 5) is 27.8. The van der Waals surface area contributed by atoms with Gasteiger partial charge in [0.05, 0.1) is 17.7 Å². The molecular weight excluding hydrogens is 568 g/mol. The number of methoxy groups -OCH3 is 1. The molecule has 8 nitrogen and oxygen atoms in total. The number of carbonyl (C=O) groups is 2. The molecule has 2 amide bonds. The minimum Gasteiger partial charge on any atom is -0.497 e. The van der Waals surface area contributed by atoms with Gasteiger partial charge in [0, 0.05) is 29.2 Å². The first-order chi connectivity index (χ1) is 18.5. The van der Waals surface area contributed by atoms with Crippen LogP contribution >= 0.6 is 23.2 Å². The Morgan fingerprint density at radius 2 is 1.59 bits per heavy atom. The van der Waals surface area contributed by atoms with E-state index in [9.17, 15) is 22.4 Å². The monoisotopic (exact) mass is 595 g/mol. The molecule has 0 bridgehead atoms. The van der Waals surface area contributed by atoms with Crippen molar-refractivity contribution < 1.29 is 27.1 Å². The highest BCUT2D eigenvalue weighted by Crippen LogP contribution is 2.29.